The Morgan fingerprint density at radius 3 is 1.86 bits per heavy atom. The van der Waals surface area contributed by atoms with Crippen LogP contribution in [0.3, 0.4) is 0 Å². The molecule has 2 rings (SSSR count). The van der Waals surface area contributed by atoms with E-state index >= 15 is 0 Å². The summed E-state index contributed by atoms with van der Waals surface area (Å²) in [6.45, 7) is 8.61. The third-order valence-electron chi connectivity index (χ3n) is 4.06. The number of hydrogen-bond acceptors (Lipinski definition) is 3. The monoisotopic (exact) mass is 302 g/mol. The van der Waals surface area contributed by atoms with Gasteiger partial charge in [0.15, 0.2) is 0 Å². The minimum absolute atomic E-state index is 0.143. The van der Waals surface area contributed by atoms with E-state index in [2.05, 4.69) is 0 Å². The van der Waals surface area contributed by atoms with Crippen molar-refractivity contribution in [2.75, 3.05) is 13.1 Å². The topological polar surface area (TPSA) is 57.7 Å². The molecule has 0 radical (unpaired) electrons. The highest BCUT2D eigenvalue weighted by Gasteiger charge is 2.44. The fraction of sp³-hybridized carbons (Fsp3) is 0.471. The Hall–Kier alpha value is -2.17. The fourth-order valence-electron chi connectivity index (χ4n) is 2.88. The molecule has 0 bridgehead atoms. The van der Waals surface area contributed by atoms with Gasteiger partial charge in [0.1, 0.15) is 6.04 Å². The van der Waals surface area contributed by atoms with Crippen molar-refractivity contribution in [3.05, 3.63) is 35.4 Å². The highest BCUT2D eigenvalue weighted by Crippen LogP contribution is 2.27. The summed E-state index contributed by atoms with van der Waals surface area (Å²) < 4.78 is 0. The Morgan fingerprint density at radius 1 is 1.05 bits per heavy atom. The predicted octanol–water partition coefficient (Wildman–Crippen LogP) is 2.18. The molecule has 0 fully saturated rings. The van der Waals surface area contributed by atoms with Crippen LogP contribution in [0.25, 0.3) is 0 Å². The first-order valence-corrected chi connectivity index (χ1v) is 7.69. The van der Waals surface area contributed by atoms with Gasteiger partial charge in [0.2, 0.25) is 5.91 Å². The van der Waals surface area contributed by atoms with Gasteiger partial charge in [0.25, 0.3) is 11.8 Å². The van der Waals surface area contributed by atoms with Crippen molar-refractivity contribution in [1.29, 1.82) is 0 Å². The first-order valence-electron chi connectivity index (χ1n) is 7.69. The molecule has 5 nitrogen and oxygen atoms in total. The number of carbonyl (C=O) groups is 3. The summed E-state index contributed by atoms with van der Waals surface area (Å²) in [4.78, 5) is 40.7. The molecule has 5 heteroatoms. The number of likely N-dealkylation sites (N-methyl/N-ethyl adjacent to an activating group) is 1. The molecule has 0 aromatic heterocycles. The number of rotatable bonds is 5. The van der Waals surface area contributed by atoms with Crippen LogP contribution in [0.1, 0.15) is 48.4 Å². The van der Waals surface area contributed by atoms with E-state index in [4.69, 9.17) is 0 Å². The lowest BCUT2D eigenvalue weighted by Crippen LogP contribution is -2.53. The molecule has 0 saturated carbocycles. The maximum Gasteiger partial charge on any atom is 0.262 e. The van der Waals surface area contributed by atoms with E-state index in [1.807, 2.05) is 27.7 Å². The van der Waals surface area contributed by atoms with Crippen LogP contribution in [0.5, 0.6) is 0 Å². The Labute approximate surface area is 130 Å². The van der Waals surface area contributed by atoms with Gasteiger partial charge in [0, 0.05) is 13.1 Å². The van der Waals surface area contributed by atoms with Crippen LogP contribution in [0.2, 0.25) is 0 Å². The molecule has 1 aromatic rings. The summed E-state index contributed by atoms with van der Waals surface area (Å²) in [5.74, 6) is -1.07. The highest BCUT2D eigenvalue weighted by molar-refractivity contribution is 6.22. The molecule has 0 unspecified atom stereocenters. The fourth-order valence-corrected chi connectivity index (χ4v) is 2.88. The molecule has 3 amide bonds. The normalized spacial score (nSPS) is 15.2. The van der Waals surface area contributed by atoms with Gasteiger partial charge >= 0.3 is 0 Å². The lowest BCUT2D eigenvalue weighted by atomic mass is 10.0. The Morgan fingerprint density at radius 2 is 1.50 bits per heavy atom. The second kappa shape index (κ2) is 6.30. The maximum absolute atomic E-state index is 12.8. The van der Waals surface area contributed by atoms with Crippen LogP contribution in [-0.4, -0.2) is 46.7 Å². The second-order valence-electron chi connectivity index (χ2n) is 5.73. The number of amides is 3. The average Bonchev–Trinajstić information content (AvgIpc) is 2.74. The van der Waals surface area contributed by atoms with Gasteiger partial charge in [-0.15, -0.1) is 0 Å². The molecule has 0 saturated heterocycles. The van der Waals surface area contributed by atoms with Crippen LogP contribution >= 0.6 is 0 Å². The number of nitrogens with zero attached hydrogens (tertiary/aromatic N) is 2. The van der Waals surface area contributed by atoms with Crippen LogP contribution in [-0.2, 0) is 4.79 Å². The number of imide groups is 1. The zero-order chi connectivity index (χ0) is 16.4. The van der Waals surface area contributed by atoms with E-state index in [0.717, 1.165) is 4.90 Å². The molecule has 1 heterocycles. The lowest BCUT2D eigenvalue weighted by molar-refractivity contribution is -0.136. The summed E-state index contributed by atoms with van der Waals surface area (Å²) in [6, 6.07) is 5.96. The quantitative estimate of drug-likeness (QED) is 0.783. The van der Waals surface area contributed by atoms with Crippen molar-refractivity contribution in [1.82, 2.24) is 9.80 Å². The number of benzene rings is 1. The van der Waals surface area contributed by atoms with E-state index < -0.39 is 6.04 Å². The van der Waals surface area contributed by atoms with E-state index in [0.29, 0.717) is 24.2 Å². The Bertz CT molecular complexity index is 571. The van der Waals surface area contributed by atoms with Crippen molar-refractivity contribution in [3.8, 4) is 0 Å². The standard InChI is InChI=1S/C17H22N2O3/c1-5-18(6-2)17(22)14(11(3)4)19-15(20)12-9-7-8-10-13(12)16(19)21/h7-11,14H,5-6H2,1-4H3/t14-/m0/s1. The van der Waals surface area contributed by atoms with Gasteiger partial charge in [-0.05, 0) is 31.9 Å². The van der Waals surface area contributed by atoms with Crippen LogP contribution in [0.4, 0.5) is 0 Å². The molecule has 1 aliphatic heterocycles. The third-order valence-corrected chi connectivity index (χ3v) is 4.06. The van der Waals surface area contributed by atoms with Crippen LogP contribution in [0, 0.1) is 5.92 Å². The van der Waals surface area contributed by atoms with E-state index in [1.165, 1.54) is 0 Å². The third kappa shape index (κ3) is 2.51. The molecule has 0 aliphatic carbocycles. The number of carbonyl (C=O) groups excluding carboxylic acids is 3. The Kier molecular flexibility index (Phi) is 4.64. The van der Waals surface area contributed by atoms with E-state index in [1.54, 1.807) is 29.2 Å². The minimum atomic E-state index is -0.757. The van der Waals surface area contributed by atoms with Crippen LogP contribution in [0.15, 0.2) is 24.3 Å². The van der Waals surface area contributed by atoms with Crippen molar-refractivity contribution in [2.45, 2.75) is 33.7 Å². The summed E-state index contributed by atoms with van der Waals surface area (Å²) in [6.07, 6.45) is 0. The summed E-state index contributed by atoms with van der Waals surface area (Å²) in [7, 11) is 0. The number of fused-ring (bicyclic) bond motifs is 1. The maximum atomic E-state index is 12.8. The summed E-state index contributed by atoms with van der Waals surface area (Å²) in [5, 5.41) is 0. The van der Waals surface area contributed by atoms with Gasteiger partial charge < -0.3 is 4.90 Å². The molecule has 118 valence electrons. The lowest BCUT2D eigenvalue weighted by Gasteiger charge is -2.32. The average molecular weight is 302 g/mol. The smallest absolute Gasteiger partial charge is 0.262 e. The van der Waals surface area contributed by atoms with Crippen molar-refractivity contribution in [3.63, 3.8) is 0 Å². The van der Waals surface area contributed by atoms with Gasteiger partial charge in [-0.1, -0.05) is 26.0 Å². The molecule has 1 aliphatic rings. The predicted molar refractivity (Wildman–Crippen MR) is 83.5 cm³/mol. The molecular formula is C17H22N2O3. The van der Waals surface area contributed by atoms with E-state index in [9.17, 15) is 14.4 Å². The van der Waals surface area contributed by atoms with Gasteiger partial charge in [0.05, 0.1) is 11.1 Å². The molecule has 0 spiro atoms. The molecular weight excluding hydrogens is 280 g/mol. The SMILES string of the molecule is CCN(CC)C(=O)[C@H](C(C)C)N1C(=O)c2ccccc2C1=O. The summed E-state index contributed by atoms with van der Waals surface area (Å²) >= 11 is 0. The van der Waals surface area contributed by atoms with Crippen molar-refractivity contribution >= 4 is 17.7 Å². The van der Waals surface area contributed by atoms with Gasteiger partial charge in [-0.3, -0.25) is 19.3 Å². The highest BCUT2D eigenvalue weighted by atomic mass is 16.2. The summed E-state index contributed by atoms with van der Waals surface area (Å²) in [5.41, 5.74) is 0.760. The second-order valence-corrected chi connectivity index (χ2v) is 5.73. The van der Waals surface area contributed by atoms with Crippen molar-refractivity contribution in [2.24, 2.45) is 5.92 Å². The Balaban J connectivity index is 2.41. The van der Waals surface area contributed by atoms with Gasteiger partial charge in [-0.25, -0.2) is 0 Å². The first-order chi connectivity index (χ1) is 10.4. The minimum Gasteiger partial charge on any atom is -0.341 e. The largest absolute Gasteiger partial charge is 0.341 e. The van der Waals surface area contributed by atoms with Gasteiger partial charge in [-0.2, -0.15) is 0 Å². The van der Waals surface area contributed by atoms with Crippen LogP contribution < -0.4 is 0 Å². The van der Waals surface area contributed by atoms with Crippen molar-refractivity contribution < 1.29 is 14.4 Å². The zero-order valence-electron chi connectivity index (χ0n) is 13.5. The molecule has 1 aromatic carbocycles. The number of hydrogen-bond donors (Lipinski definition) is 0. The zero-order valence-corrected chi connectivity index (χ0v) is 13.5. The van der Waals surface area contributed by atoms with E-state index in [-0.39, 0.29) is 23.6 Å². The molecule has 1 atom stereocenters. The molecule has 22 heavy (non-hydrogen) atoms. The first kappa shape index (κ1) is 16.2. The molecule has 0 N–H and O–H groups in total.